The molecule has 82 valence electrons. The highest BCUT2D eigenvalue weighted by atomic mass is 16.3. The number of aromatic hydroxyl groups is 1. The van der Waals surface area contributed by atoms with Crippen LogP contribution in [0.1, 0.15) is 21.5 Å². The molecule has 2 rings (SSSR count). The van der Waals surface area contributed by atoms with Crippen molar-refractivity contribution in [3.8, 4) is 11.8 Å². The molecule has 0 spiro atoms. The standard InChI is InChI=1S/C14H9NO2/c15-9-12-8-11(6-7-13(12)16)14(17)10-4-2-1-3-5-10/h1-8,16H. The molecule has 0 heterocycles. The summed E-state index contributed by atoms with van der Waals surface area (Å²) in [6.07, 6.45) is 0. The van der Waals surface area contributed by atoms with E-state index in [2.05, 4.69) is 0 Å². The van der Waals surface area contributed by atoms with Gasteiger partial charge in [-0.2, -0.15) is 5.26 Å². The van der Waals surface area contributed by atoms with E-state index in [-0.39, 0.29) is 17.1 Å². The first-order chi connectivity index (χ1) is 8.22. The van der Waals surface area contributed by atoms with Gasteiger partial charge in [0, 0.05) is 11.1 Å². The van der Waals surface area contributed by atoms with E-state index >= 15 is 0 Å². The minimum Gasteiger partial charge on any atom is -0.507 e. The lowest BCUT2D eigenvalue weighted by Crippen LogP contribution is -2.01. The lowest BCUT2D eigenvalue weighted by atomic mass is 10.0. The molecule has 2 aromatic carbocycles. The van der Waals surface area contributed by atoms with E-state index in [1.165, 1.54) is 18.2 Å². The summed E-state index contributed by atoms with van der Waals surface area (Å²) in [6, 6.07) is 14.9. The monoisotopic (exact) mass is 223 g/mol. The molecule has 0 atom stereocenters. The molecule has 2 aromatic rings. The van der Waals surface area contributed by atoms with Gasteiger partial charge >= 0.3 is 0 Å². The maximum absolute atomic E-state index is 12.0. The first-order valence-corrected chi connectivity index (χ1v) is 5.05. The van der Waals surface area contributed by atoms with E-state index < -0.39 is 0 Å². The zero-order chi connectivity index (χ0) is 12.3. The molecule has 0 amide bonds. The Bertz CT molecular complexity index is 597. The van der Waals surface area contributed by atoms with Gasteiger partial charge in [0.05, 0.1) is 5.56 Å². The molecular formula is C14H9NO2. The van der Waals surface area contributed by atoms with E-state index in [1.54, 1.807) is 24.3 Å². The topological polar surface area (TPSA) is 61.1 Å². The molecule has 3 nitrogen and oxygen atoms in total. The number of ketones is 1. The Kier molecular flexibility index (Phi) is 2.89. The average molecular weight is 223 g/mol. The molecule has 1 N–H and O–H groups in total. The Balaban J connectivity index is 2.43. The van der Waals surface area contributed by atoms with Gasteiger partial charge in [-0.1, -0.05) is 30.3 Å². The number of nitrogens with zero attached hydrogens (tertiary/aromatic N) is 1. The quantitative estimate of drug-likeness (QED) is 0.795. The lowest BCUT2D eigenvalue weighted by molar-refractivity contribution is 0.103. The van der Waals surface area contributed by atoms with Crippen molar-refractivity contribution >= 4 is 5.78 Å². The molecule has 0 saturated carbocycles. The molecule has 0 aromatic heterocycles. The lowest BCUT2D eigenvalue weighted by Gasteiger charge is -2.02. The number of carbonyl (C=O) groups excluding carboxylic acids is 1. The molecule has 0 saturated heterocycles. The van der Waals surface area contributed by atoms with E-state index in [0.717, 1.165) is 0 Å². The zero-order valence-electron chi connectivity index (χ0n) is 8.92. The first kappa shape index (κ1) is 10.9. The van der Waals surface area contributed by atoms with E-state index in [4.69, 9.17) is 5.26 Å². The Morgan fingerprint density at radius 2 is 1.76 bits per heavy atom. The molecule has 0 radical (unpaired) electrons. The van der Waals surface area contributed by atoms with Crippen molar-refractivity contribution in [1.29, 1.82) is 5.26 Å². The number of nitriles is 1. The molecule has 0 unspecified atom stereocenters. The number of hydrogen-bond acceptors (Lipinski definition) is 3. The Morgan fingerprint density at radius 3 is 2.41 bits per heavy atom. The number of phenols is 1. The molecule has 0 aliphatic carbocycles. The fourth-order valence-corrected chi connectivity index (χ4v) is 1.52. The maximum Gasteiger partial charge on any atom is 0.193 e. The van der Waals surface area contributed by atoms with Crippen LogP contribution < -0.4 is 0 Å². The second kappa shape index (κ2) is 4.50. The van der Waals surface area contributed by atoms with Crippen molar-refractivity contribution < 1.29 is 9.90 Å². The van der Waals surface area contributed by atoms with Gasteiger partial charge in [0.25, 0.3) is 0 Å². The highest BCUT2D eigenvalue weighted by Crippen LogP contribution is 2.19. The van der Waals surface area contributed by atoms with Crippen molar-refractivity contribution in [3.05, 3.63) is 65.2 Å². The summed E-state index contributed by atoms with van der Waals surface area (Å²) in [7, 11) is 0. The van der Waals surface area contributed by atoms with E-state index in [0.29, 0.717) is 11.1 Å². The maximum atomic E-state index is 12.0. The van der Waals surface area contributed by atoms with Crippen LogP contribution in [0, 0.1) is 11.3 Å². The van der Waals surface area contributed by atoms with Crippen LogP contribution in [0.5, 0.6) is 5.75 Å². The van der Waals surface area contributed by atoms with Gasteiger partial charge in [-0.3, -0.25) is 4.79 Å². The normalized spacial score (nSPS) is 9.59. The van der Waals surface area contributed by atoms with Crippen LogP contribution >= 0.6 is 0 Å². The van der Waals surface area contributed by atoms with E-state index in [9.17, 15) is 9.90 Å². The minimum absolute atomic E-state index is 0.104. The van der Waals surface area contributed by atoms with Gasteiger partial charge in [-0.15, -0.1) is 0 Å². The van der Waals surface area contributed by atoms with Crippen molar-refractivity contribution in [2.24, 2.45) is 0 Å². The minimum atomic E-state index is -0.165. The highest BCUT2D eigenvalue weighted by molar-refractivity contribution is 6.09. The molecule has 0 aliphatic rings. The van der Waals surface area contributed by atoms with Crippen LogP contribution in [0.3, 0.4) is 0 Å². The largest absolute Gasteiger partial charge is 0.507 e. The highest BCUT2D eigenvalue weighted by Gasteiger charge is 2.10. The van der Waals surface area contributed by atoms with Gasteiger partial charge < -0.3 is 5.11 Å². The molecular weight excluding hydrogens is 214 g/mol. The number of phenolic OH excluding ortho intramolecular Hbond substituents is 1. The van der Waals surface area contributed by atoms with Crippen LogP contribution in [0.2, 0.25) is 0 Å². The summed E-state index contributed by atoms with van der Waals surface area (Å²) < 4.78 is 0. The van der Waals surface area contributed by atoms with Crippen molar-refractivity contribution in [1.82, 2.24) is 0 Å². The SMILES string of the molecule is N#Cc1cc(C(=O)c2ccccc2)ccc1O. The Morgan fingerprint density at radius 1 is 1.06 bits per heavy atom. The molecule has 0 aliphatic heterocycles. The second-order valence-electron chi connectivity index (χ2n) is 3.54. The summed E-state index contributed by atoms with van der Waals surface area (Å²) in [4.78, 5) is 12.0. The zero-order valence-corrected chi connectivity index (χ0v) is 8.92. The summed E-state index contributed by atoms with van der Waals surface area (Å²) in [5.74, 6) is -0.279. The third-order valence-electron chi connectivity index (χ3n) is 2.42. The van der Waals surface area contributed by atoms with Crippen LogP contribution in [0.4, 0.5) is 0 Å². The van der Waals surface area contributed by atoms with Crippen LogP contribution in [-0.4, -0.2) is 10.9 Å². The third kappa shape index (κ3) is 2.16. The van der Waals surface area contributed by atoms with Crippen LogP contribution in [-0.2, 0) is 0 Å². The fraction of sp³-hybridized carbons (Fsp3) is 0. The summed E-state index contributed by atoms with van der Waals surface area (Å²) >= 11 is 0. The fourth-order valence-electron chi connectivity index (χ4n) is 1.52. The third-order valence-corrected chi connectivity index (χ3v) is 2.42. The number of hydrogen-bond donors (Lipinski definition) is 1. The van der Waals surface area contributed by atoms with Gasteiger partial charge in [-0.25, -0.2) is 0 Å². The molecule has 0 fully saturated rings. The molecule has 3 heteroatoms. The first-order valence-electron chi connectivity index (χ1n) is 5.05. The predicted molar refractivity (Wildman–Crippen MR) is 62.7 cm³/mol. The molecule has 17 heavy (non-hydrogen) atoms. The number of carbonyl (C=O) groups is 1. The number of benzene rings is 2. The Hall–Kier alpha value is -2.60. The van der Waals surface area contributed by atoms with Crippen molar-refractivity contribution in [2.75, 3.05) is 0 Å². The Labute approximate surface area is 98.6 Å². The van der Waals surface area contributed by atoms with Crippen molar-refractivity contribution in [3.63, 3.8) is 0 Å². The van der Waals surface area contributed by atoms with E-state index in [1.807, 2.05) is 12.1 Å². The van der Waals surface area contributed by atoms with Gasteiger partial charge in [0.2, 0.25) is 0 Å². The van der Waals surface area contributed by atoms with Crippen LogP contribution in [0.25, 0.3) is 0 Å². The smallest absolute Gasteiger partial charge is 0.193 e. The van der Waals surface area contributed by atoms with Gasteiger partial charge in [0.15, 0.2) is 5.78 Å². The summed E-state index contributed by atoms with van der Waals surface area (Å²) in [6.45, 7) is 0. The van der Waals surface area contributed by atoms with Crippen molar-refractivity contribution in [2.45, 2.75) is 0 Å². The summed E-state index contributed by atoms with van der Waals surface area (Å²) in [5, 5.41) is 18.1. The average Bonchev–Trinajstić information content (AvgIpc) is 2.39. The van der Waals surface area contributed by atoms with Gasteiger partial charge in [0.1, 0.15) is 11.8 Å². The summed E-state index contributed by atoms with van der Waals surface area (Å²) in [5.41, 5.74) is 1.06. The van der Waals surface area contributed by atoms with Crippen LogP contribution in [0.15, 0.2) is 48.5 Å². The predicted octanol–water partition coefficient (Wildman–Crippen LogP) is 2.49. The second-order valence-corrected chi connectivity index (χ2v) is 3.54. The van der Waals surface area contributed by atoms with Gasteiger partial charge in [-0.05, 0) is 18.2 Å². The number of rotatable bonds is 2. The molecule has 0 bridgehead atoms.